The van der Waals surface area contributed by atoms with Crippen molar-refractivity contribution in [1.29, 1.82) is 0 Å². The zero-order chi connectivity index (χ0) is 20.0. The van der Waals surface area contributed by atoms with Crippen LogP contribution in [0.3, 0.4) is 0 Å². The van der Waals surface area contributed by atoms with Crippen LogP contribution in [0.1, 0.15) is 44.6 Å². The Labute approximate surface area is 155 Å². The second kappa shape index (κ2) is 8.98. The summed E-state index contributed by atoms with van der Waals surface area (Å²) in [7, 11) is 1.26. The summed E-state index contributed by atoms with van der Waals surface area (Å²) in [6, 6.07) is 6.04. The normalized spacial score (nSPS) is 10.4. The fraction of sp³-hybridized carbons (Fsp3) is 0.316. The lowest BCUT2D eigenvalue weighted by Gasteiger charge is -2.07. The summed E-state index contributed by atoms with van der Waals surface area (Å²) in [5, 5.41) is 2.48. The molecule has 144 valence electrons. The number of halogens is 1. The average molecular weight is 376 g/mol. The Balaban J connectivity index is 1.97. The van der Waals surface area contributed by atoms with Crippen molar-refractivity contribution in [2.45, 2.75) is 26.8 Å². The van der Waals surface area contributed by atoms with Crippen molar-refractivity contribution in [3.05, 3.63) is 58.2 Å². The molecule has 2 N–H and O–H groups in total. The molecule has 2 rings (SSSR count). The number of aryl methyl sites for hydroxylation is 1. The molecule has 27 heavy (non-hydrogen) atoms. The summed E-state index contributed by atoms with van der Waals surface area (Å²) in [5.41, 5.74) is 1.66. The third kappa shape index (κ3) is 4.72. The molecule has 1 aromatic carbocycles. The number of methoxy groups -OCH3 is 1. The quantitative estimate of drug-likeness (QED) is 0.723. The standard InChI is InChI=1S/C19H21FN2O5/c1-4-14-16(18(24)26-3)11(2)17(22-14)19(25)27-10-15(23)21-9-12-7-5-6-8-13(12)20/h5-8,22H,4,9-10H2,1-3H3,(H,21,23). The molecule has 1 amide bonds. The second-order valence-electron chi connectivity index (χ2n) is 5.77. The maximum absolute atomic E-state index is 13.5. The molecule has 0 spiro atoms. The molecule has 0 saturated heterocycles. The molecule has 0 aliphatic heterocycles. The van der Waals surface area contributed by atoms with Gasteiger partial charge in [0.2, 0.25) is 0 Å². The van der Waals surface area contributed by atoms with Gasteiger partial charge in [0.15, 0.2) is 6.61 Å². The summed E-state index contributed by atoms with van der Waals surface area (Å²) in [6.07, 6.45) is 0.488. The van der Waals surface area contributed by atoms with Crippen LogP contribution in [0.15, 0.2) is 24.3 Å². The Morgan fingerprint density at radius 3 is 2.52 bits per heavy atom. The van der Waals surface area contributed by atoms with E-state index in [4.69, 9.17) is 9.47 Å². The molecule has 0 radical (unpaired) electrons. The summed E-state index contributed by atoms with van der Waals surface area (Å²) in [4.78, 5) is 38.8. The van der Waals surface area contributed by atoms with Gasteiger partial charge in [-0.05, 0) is 25.0 Å². The van der Waals surface area contributed by atoms with Gasteiger partial charge in [0, 0.05) is 17.8 Å². The van der Waals surface area contributed by atoms with Gasteiger partial charge in [0.05, 0.1) is 12.7 Å². The molecule has 0 fully saturated rings. The first kappa shape index (κ1) is 20.2. The van der Waals surface area contributed by atoms with Crippen molar-refractivity contribution in [3.8, 4) is 0 Å². The lowest BCUT2D eigenvalue weighted by atomic mass is 10.1. The predicted octanol–water partition coefficient (Wildman–Crippen LogP) is 2.28. The first-order valence-electron chi connectivity index (χ1n) is 8.36. The minimum atomic E-state index is -0.765. The smallest absolute Gasteiger partial charge is 0.355 e. The lowest BCUT2D eigenvalue weighted by molar-refractivity contribution is -0.124. The third-order valence-corrected chi connectivity index (χ3v) is 4.04. The van der Waals surface area contributed by atoms with Crippen LogP contribution in [0.4, 0.5) is 4.39 Å². The maximum Gasteiger partial charge on any atom is 0.355 e. The molecule has 0 atom stereocenters. The number of H-pyrrole nitrogens is 1. The second-order valence-corrected chi connectivity index (χ2v) is 5.77. The van der Waals surface area contributed by atoms with Crippen molar-refractivity contribution >= 4 is 17.8 Å². The molecular weight excluding hydrogens is 355 g/mol. The zero-order valence-corrected chi connectivity index (χ0v) is 15.3. The molecule has 0 aliphatic rings. The Kier molecular flexibility index (Phi) is 6.70. The highest BCUT2D eigenvalue weighted by atomic mass is 19.1. The largest absolute Gasteiger partial charge is 0.465 e. The Morgan fingerprint density at radius 2 is 1.89 bits per heavy atom. The van der Waals surface area contributed by atoms with Crippen LogP contribution in [0.2, 0.25) is 0 Å². The van der Waals surface area contributed by atoms with Gasteiger partial charge in [-0.15, -0.1) is 0 Å². The Bertz CT molecular complexity index is 860. The SMILES string of the molecule is CCc1[nH]c(C(=O)OCC(=O)NCc2ccccc2F)c(C)c1C(=O)OC. The molecule has 7 nitrogen and oxygen atoms in total. The van der Waals surface area contributed by atoms with Crippen molar-refractivity contribution in [3.63, 3.8) is 0 Å². The monoisotopic (exact) mass is 376 g/mol. The number of amides is 1. The number of aromatic nitrogens is 1. The van der Waals surface area contributed by atoms with E-state index < -0.39 is 30.3 Å². The molecule has 1 aromatic heterocycles. The summed E-state index contributed by atoms with van der Waals surface area (Å²) >= 11 is 0. The summed E-state index contributed by atoms with van der Waals surface area (Å²) in [5.74, 6) is -2.32. The molecule has 2 aromatic rings. The van der Waals surface area contributed by atoms with Crippen LogP contribution in [0.25, 0.3) is 0 Å². The number of hydrogen-bond donors (Lipinski definition) is 2. The van der Waals surface area contributed by atoms with Gasteiger partial charge >= 0.3 is 11.9 Å². The number of hydrogen-bond acceptors (Lipinski definition) is 5. The fourth-order valence-corrected chi connectivity index (χ4v) is 2.60. The fourth-order valence-electron chi connectivity index (χ4n) is 2.60. The van der Waals surface area contributed by atoms with Gasteiger partial charge in [-0.25, -0.2) is 14.0 Å². The minimum absolute atomic E-state index is 0.0168. The van der Waals surface area contributed by atoms with Crippen molar-refractivity contribution in [2.75, 3.05) is 13.7 Å². The molecule has 1 heterocycles. The highest BCUT2D eigenvalue weighted by Crippen LogP contribution is 2.20. The highest BCUT2D eigenvalue weighted by molar-refractivity contribution is 5.99. The predicted molar refractivity (Wildman–Crippen MR) is 94.8 cm³/mol. The van der Waals surface area contributed by atoms with Crippen LogP contribution in [-0.2, 0) is 27.2 Å². The number of nitrogens with one attached hydrogen (secondary N) is 2. The van der Waals surface area contributed by atoms with E-state index in [0.29, 0.717) is 23.2 Å². The lowest BCUT2D eigenvalue weighted by Crippen LogP contribution is -2.28. The van der Waals surface area contributed by atoms with E-state index in [-0.39, 0.29) is 17.8 Å². The van der Waals surface area contributed by atoms with Crippen LogP contribution in [0.5, 0.6) is 0 Å². The number of ether oxygens (including phenoxy) is 2. The third-order valence-electron chi connectivity index (χ3n) is 4.04. The molecule has 0 aliphatic carbocycles. The van der Waals surface area contributed by atoms with Gasteiger partial charge in [-0.2, -0.15) is 0 Å². The van der Waals surface area contributed by atoms with Crippen molar-refractivity contribution in [1.82, 2.24) is 10.3 Å². The topological polar surface area (TPSA) is 97.5 Å². The molecular formula is C19H21FN2O5. The van der Waals surface area contributed by atoms with Crippen molar-refractivity contribution in [2.24, 2.45) is 0 Å². The number of rotatable bonds is 7. The van der Waals surface area contributed by atoms with Crippen LogP contribution in [-0.4, -0.2) is 36.5 Å². The zero-order valence-electron chi connectivity index (χ0n) is 15.3. The number of carbonyl (C=O) groups excluding carboxylic acids is 3. The first-order chi connectivity index (χ1) is 12.9. The Hall–Kier alpha value is -3.16. The Morgan fingerprint density at radius 1 is 1.19 bits per heavy atom. The summed E-state index contributed by atoms with van der Waals surface area (Å²) < 4.78 is 23.2. The molecule has 0 unspecified atom stereocenters. The number of aromatic amines is 1. The van der Waals surface area contributed by atoms with Gasteiger partial charge in [-0.3, -0.25) is 4.79 Å². The first-order valence-corrected chi connectivity index (χ1v) is 8.36. The van der Waals surface area contributed by atoms with Crippen LogP contribution < -0.4 is 5.32 Å². The van der Waals surface area contributed by atoms with Gasteiger partial charge in [0.25, 0.3) is 5.91 Å². The van der Waals surface area contributed by atoms with E-state index in [1.165, 1.54) is 13.2 Å². The number of esters is 2. The van der Waals surface area contributed by atoms with E-state index in [0.717, 1.165) is 0 Å². The molecule has 0 bridgehead atoms. The van der Waals surface area contributed by atoms with Gasteiger partial charge in [0.1, 0.15) is 11.5 Å². The van der Waals surface area contributed by atoms with E-state index in [9.17, 15) is 18.8 Å². The summed E-state index contributed by atoms with van der Waals surface area (Å²) in [6.45, 7) is 2.87. The van der Waals surface area contributed by atoms with E-state index in [2.05, 4.69) is 10.3 Å². The molecule has 0 saturated carbocycles. The van der Waals surface area contributed by atoms with Gasteiger partial charge in [-0.1, -0.05) is 25.1 Å². The maximum atomic E-state index is 13.5. The van der Waals surface area contributed by atoms with Crippen LogP contribution >= 0.6 is 0 Å². The number of benzene rings is 1. The van der Waals surface area contributed by atoms with Crippen molar-refractivity contribution < 1.29 is 28.2 Å². The van der Waals surface area contributed by atoms with E-state index in [1.807, 2.05) is 6.92 Å². The minimum Gasteiger partial charge on any atom is -0.465 e. The van der Waals surface area contributed by atoms with Crippen LogP contribution in [0, 0.1) is 12.7 Å². The van der Waals surface area contributed by atoms with E-state index in [1.54, 1.807) is 25.1 Å². The van der Waals surface area contributed by atoms with E-state index >= 15 is 0 Å². The highest BCUT2D eigenvalue weighted by Gasteiger charge is 2.24. The average Bonchev–Trinajstić information content (AvgIpc) is 3.01. The van der Waals surface area contributed by atoms with Gasteiger partial charge < -0.3 is 19.8 Å². The number of carbonyl (C=O) groups is 3. The molecule has 8 heteroatoms.